The minimum absolute atomic E-state index is 0.0186. The third-order valence-electron chi connectivity index (χ3n) is 4.82. The van der Waals surface area contributed by atoms with E-state index in [0.29, 0.717) is 5.69 Å². The summed E-state index contributed by atoms with van der Waals surface area (Å²) in [6.45, 7) is 1.89. The summed E-state index contributed by atoms with van der Waals surface area (Å²) < 4.78 is 47.3. The lowest BCUT2D eigenvalue weighted by atomic mass is 10.1. The molecule has 9 heteroatoms. The van der Waals surface area contributed by atoms with Crippen LogP contribution in [0, 0.1) is 24.4 Å². The van der Waals surface area contributed by atoms with Crippen LogP contribution in [0.5, 0.6) is 0 Å². The molecule has 31 heavy (non-hydrogen) atoms. The number of nitrogens with zero attached hydrogens (tertiary/aromatic N) is 2. The number of benzene rings is 2. The Labute approximate surface area is 175 Å². The fourth-order valence-electron chi connectivity index (χ4n) is 3.44. The van der Waals surface area contributed by atoms with E-state index in [-0.39, 0.29) is 30.2 Å². The molecule has 0 atom stereocenters. The maximum Gasteiger partial charge on any atom is 0.279 e. The van der Waals surface area contributed by atoms with Crippen LogP contribution in [0.1, 0.15) is 16.7 Å². The lowest BCUT2D eigenvalue weighted by molar-refractivity contribution is 0.183. The fourth-order valence-corrected chi connectivity index (χ4v) is 3.44. The minimum Gasteiger partial charge on any atom is -0.380 e. The third-order valence-corrected chi connectivity index (χ3v) is 4.82. The number of hydrogen-bond donors (Lipinski definition) is 2. The van der Waals surface area contributed by atoms with Gasteiger partial charge in [-0.15, -0.1) is 0 Å². The van der Waals surface area contributed by atoms with E-state index in [1.165, 1.54) is 17.9 Å². The first-order chi connectivity index (χ1) is 14.9. The summed E-state index contributed by atoms with van der Waals surface area (Å²) in [7, 11) is 1.44. The molecule has 160 valence electrons. The minimum atomic E-state index is -1.53. The van der Waals surface area contributed by atoms with Crippen molar-refractivity contribution >= 4 is 22.5 Å². The van der Waals surface area contributed by atoms with Crippen LogP contribution < -0.4 is 10.9 Å². The maximum atomic E-state index is 13.7. The summed E-state index contributed by atoms with van der Waals surface area (Å²) in [5.74, 6) is -3.94. The topological polar surface area (TPSA) is 71.9 Å². The number of hydrogen-bond acceptors (Lipinski definition) is 4. The summed E-state index contributed by atoms with van der Waals surface area (Å²) in [4.78, 5) is 19.7. The SMILES string of the molecule is COCc1cn(Cc2cc(F)c(F)c(F)c2)c(Nc2cc(C)cc3[nH]ccc23)nc1=O. The summed E-state index contributed by atoms with van der Waals surface area (Å²) in [6.07, 6.45) is 3.30. The second kappa shape index (κ2) is 8.27. The van der Waals surface area contributed by atoms with Gasteiger partial charge >= 0.3 is 0 Å². The number of halogens is 3. The lowest BCUT2D eigenvalue weighted by Gasteiger charge is -2.17. The van der Waals surface area contributed by atoms with Crippen LogP contribution in [0.15, 0.2) is 47.5 Å². The zero-order chi connectivity index (χ0) is 22.1. The predicted molar refractivity (Wildman–Crippen MR) is 111 cm³/mol. The highest BCUT2D eigenvalue weighted by Gasteiger charge is 2.15. The second-order valence-corrected chi connectivity index (χ2v) is 7.21. The Kier molecular flexibility index (Phi) is 5.51. The normalized spacial score (nSPS) is 11.3. The molecule has 0 aliphatic carbocycles. The maximum absolute atomic E-state index is 13.7. The molecular weight excluding hydrogens is 409 g/mol. The van der Waals surface area contributed by atoms with Crippen molar-refractivity contribution in [1.82, 2.24) is 14.5 Å². The Morgan fingerprint density at radius 3 is 2.61 bits per heavy atom. The Hall–Kier alpha value is -3.59. The fraction of sp³-hybridized carbons (Fsp3) is 0.182. The number of rotatable bonds is 6. The van der Waals surface area contributed by atoms with Gasteiger partial charge < -0.3 is 19.6 Å². The molecule has 2 aromatic heterocycles. The summed E-state index contributed by atoms with van der Waals surface area (Å²) in [5.41, 5.74) is 2.53. The van der Waals surface area contributed by atoms with E-state index >= 15 is 0 Å². The van der Waals surface area contributed by atoms with Crippen LogP contribution in [-0.2, 0) is 17.9 Å². The quantitative estimate of drug-likeness (QED) is 0.447. The van der Waals surface area contributed by atoms with E-state index in [0.717, 1.165) is 28.6 Å². The standard InChI is InChI=1S/C22H19F3N4O2/c1-12-5-18-15(3-4-26-18)19(6-12)27-22-28-21(30)14(11-31-2)10-29(22)9-13-7-16(23)20(25)17(24)8-13/h3-8,10,26H,9,11H2,1-2H3,(H,27,28,30). The monoisotopic (exact) mass is 428 g/mol. The Balaban J connectivity index is 1.80. The number of H-pyrrole nitrogens is 1. The van der Waals surface area contributed by atoms with E-state index in [9.17, 15) is 18.0 Å². The van der Waals surface area contributed by atoms with Crippen molar-refractivity contribution in [3.63, 3.8) is 0 Å². The van der Waals surface area contributed by atoms with E-state index in [4.69, 9.17) is 4.74 Å². The Bertz CT molecular complexity index is 1310. The van der Waals surface area contributed by atoms with Crippen LogP contribution in [0.2, 0.25) is 0 Å². The number of anilines is 2. The lowest BCUT2D eigenvalue weighted by Crippen LogP contribution is -2.21. The summed E-state index contributed by atoms with van der Waals surface area (Å²) >= 11 is 0. The Morgan fingerprint density at radius 2 is 1.90 bits per heavy atom. The average Bonchev–Trinajstić information content (AvgIpc) is 3.18. The van der Waals surface area contributed by atoms with Gasteiger partial charge in [-0.1, -0.05) is 0 Å². The number of ether oxygens (including phenoxy) is 1. The van der Waals surface area contributed by atoms with E-state index in [1.807, 2.05) is 25.1 Å². The van der Waals surface area contributed by atoms with Crippen molar-refractivity contribution < 1.29 is 17.9 Å². The van der Waals surface area contributed by atoms with Gasteiger partial charge in [-0.25, -0.2) is 13.2 Å². The smallest absolute Gasteiger partial charge is 0.279 e. The largest absolute Gasteiger partial charge is 0.380 e. The van der Waals surface area contributed by atoms with Crippen LogP contribution >= 0.6 is 0 Å². The number of aromatic nitrogens is 3. The number of aryl methyl sites for hydroxylation is 1. The van der Waals surface area contributed by atoms with Gasteiger partial charge in [-0.05, 0) is 48.4 Å². The number of methoxy groups -OCH3 is 1. The van der Waals surface area contributed by atoms with Gasteiger partial charge in [0.15, 0.2) is 17.5 Å². The van der Waals surface area contributed by atoms with Crippen LogP contribution in [-0.4, -0.2) is 21.6 Å². The first-order valence-electron chi connectivity index (χ1n) is 9.43. The van der Waals surface area contributed by atoms with Crippen molar-refractivity contribution in [3.05, 3.63) is 87.2 Å². The van der Waals surface area contributed by atoms with Gasteiger partial charge in [-0.2, -0.15) is 4.98 Å². The highest BCUT2D eigenvalue weighted by atomic mass is 19.2. The highest BCUT2D eigenvalue weighted by Crippen LogP contribution is 2.27. The third kappa shape index (κ3) is 4.17. The molecule has 0 bridgehead atoms. The molecular formula is C22H19F3N4O2. The van der Waals surface area contributed by atoms with Gasteiger partial charge in [0.25, 0.3) is 5.56 Å². The summed E-state index contributed by atoms with van der Waals surface area (Å²) in [5, 5.41) is 4.02. The zero-order valence-corrected chi connectivity index (χ0v) is 16.8. The van der Waals surface area contributed by atoms with Crippen LogP contribution in [0.25, 0.3) is 10.9 Å². The molecule has 0 unspecified atom stereocenters. The van der Waals surface area contributed by atoms with Gasteiger partial charge in [0, 0.05) is 30.4 Å². The molecule has 0 aliphatic rings. The first-order valence-corrected chi connectivity index (χ1v) is 9.43. The average molecular weight is 428 g/mol. The molecule has 2 N–H and O–H groups in total. The molecule has 4 rings (SSSR count). The second-order valence-electron chi connectivity index (χ2n) is 7.21. The molecule has 0 amide bonds. The Morgan fingerprint density at radius 1 is 1.16 bits per heavy atom. The molecule has 0 saturated heterocycles. The molecule has 2 heterocycles. The van der Waals surface area contributed by atoms with Crippen molar-refractivity contribution in [2.75, 3.05) is 12.4 Å². The molecule has 4 aromatic rings. The van der Waals surface area contributed by atoms with Crippen molar-refractivity contribution in [3.8, 4) is 0 Å². The summed E-state index contributed by atoms with van der Waals surface area (Å²) in [6, 6.07) is 7.57. The molecule has 0 spiro atoms. The first kappa shape index (κ1) is 20.7. The number of aromatic amines is 1. The van der Waals surface area contributed by atoms with Crippen molar-refractivity contribution in [2.24, 2.45) is 0 Å². The van der Waals surface area contributed by atoms with Gasteiger partial charge in [-0.3, -0.25) is 4.79 Å². The molecule has 0 fully saturated rings. The van der Waals surface area contributed by atoms with Gasteiger partial charge in [0.2, 0.25) is 5.95 Å². The van der Waals surface area contributed by atoms with E-state index in [1.54, 1.807) is 6.20 Å². The van der Waals surface area contributed by atoms with Crippen molar-refractivity contribution in [2.45, 2.75) is 20.1 Å². The van der Waals surface area contributed by atoms with Gasteiger partial charge in [0.05, 0.1) is 24.4 Å². The van der Waals surface area contributed by atoms with Crippen LogP contribution in [0.4, 0.5) is 24.8 Å². The van der Waals surface area contributed by atoms with E-state index in [2.05, 4.69) is 15.3 Å². The van der Waals surface area contributed by atoms with Gasteiger partial charge in [0.1, 0.15) is 0 Å². The predicted octanol–water partition coefficient (Wildman–Crippen LogP) is 4.39. The molecule has 2 aromatic carbocycles. The number of nitrogens with one attached hydrogen (secondary N) is 2. The van der Waals surface area contributed by atoms with Crippen molar-refractivity contribution in [1.29, 1.82) is 0 Å². The molecule has 0 aliphatic heterocycles. The molecule has 0 saturated carbocycles. The zero-order valence-electron chi connectivity index (χ0n) is 16.8. The van der Waals surface area contributed by atoms with Crippen LogP contribution in [0.3, 0.4) is 0 Å². The molecule has 6 nitrogen and oxygen atoms in total. The number of fused-ring (bicyclic) bond motifs is 1. The molecule has 0 radical (unpaired) electrons. The highest BCUT2D eigenvalue weighted by molar-refractivity contribution is 5.93. The van der Waals surface area contributed by atoms with E-state index < -0.39 is 23.0 Å².